The third-order valence-corrected chi connectivity index (χ3v) is 8.95. The highest BCUT2D eigenvalue weighted by Crippen LogP contribution is 2.75. The van der Waals surface area contributed by atoms with Crippen molar-refractivity contribution in [2.45, 2.75) is 70.2 Å². The number of ketones is 2. The van der Waals surface area contributed by atoms with Gasteiger partial charge in [-0.05, 0) is 63.0 Å². The summed E-state index contributed by atoms with van der Waals surface area (Å²) >= 11 is 0. The highest BCUT2D eigenvalue weighted by molar-refractivity contribution is 6.01. The van der Waals surface area contributed by atoms with Crippen molar-refractivity contribution < 1.29 is 29.0 Å². The van der Waals surface area contributed by atoms with Gasteiger partial charge in [-0.2, -0.15) is 0 Å². The van der Waals surface area contributed by atoms with Crippen LogP contribution in [0.25, 0.3) is 0 Å². The van der Waals surface area contributed by atoms with Gasteiger partial charge in [-0.1, -0.05) is 18.6 Å². The minimum Gasteiger partial charge on any atom is -0.458 e. The minimum absolute atomic E-state index is 0.0384. The molecule has 2 unspecified atom stereocenters. The molecule has 5 aliphatic rings. The first-order valence-corrected chi connectivity index (χ1v) is 10.6. The van der Waals surface area contributed by atoms with E-state index >= 15 is 0 Å². The first-order chi connectivity index (χ1) is 13.6. The zero-order valence-electron chi connectivity index (χ0n) is 17.2. The topological polar surface area (TPSA) is 93.2 Å². The summed E-state index contributed by atoms with van der Waals surface area (Å²) in [6.45, 7) is 5.06. The smallest absolute Gasteiger partial charge is 0.303 e. The number of ether oxygens (including phenoxy) is 2. The highest BCUT2D eigenvalue weighted by Gasteiger charge is 2.81. The third kappa shape index (κ3) is 2.17. The molecular weight excluding hydrogens is 372 g/mol. The van der Waals surface area contributed by atoms with E-state index in [9.17, 15) is 19.5 Å². The van der Waals surface area contributed by atoms with E-state index < -0.39 is 22.8 Å². The first-order valence-electron chi connectivity index (χ1n) is 10.6. The summed E-state index contributed by atoms with van der Waals surface area (Å²) in [7, 11) is 0. The maximum Gasteiger partial charge on any atom is 0.303 e. The molecule has 1 saturated heterocycles. The molecule has 7 atom stereocenters. The number of allylic oxidation sites excluding steroid dienone is 2. The highest BCUT2D eigenvalue weighted by atomic mass is 16.6. The van der Waals surface area contributed by atoms with Gasteiger partial charge >= 0.3 is 5.97 Å². The molecule has 0 radical (unpaired) electrons. The third-order valence-electron chi connectivity index (χ3n) is 8.95. The summed E-state index contributed by atoms with van der Waals surface area (Å²) in [6.07, 6.45) is 8.86. The minimum atomic E-state index is -1.50. The summed E-state index contributed by atoms with van der Waals surface area (Å²) in [6, 6.07) is 0. The fraction of sp³-hybridized carbons (Fsp3) is 0.696. The van der Waals surface area contributed by atoms with Gasteiger partial charge in [0, 0.05) is 17.8 Å². The number of rotatable bonds is 3. The zero-order chi connectivity index (χ0) is 20.8. The Hall–Kier alpha value is -1.79. The number of carbonyl (C=O) groups is 3. The van der Waals surface area contributed by atoms with Crippen molar-refractivity contribution in [3.05, 3.63) is 23.8 Å². The SMILES string of the molecule is CC(=O)OCC(=O)[C@@]1(O)CCC2C3CCC4=CC(=O)C=C[C@]4(C)[C@@]34O[C@@H]4C[C@@]21C. The van der Waals surface area contributed by atoms with Crippen LogP contribution < -0.4 is 0 Å². The Bertz CT molecular complexity index is 888. The second kappa shape index (κ2) is 5.67. The lowest BCUT2D eigenvalue weighted by molar-refractivity contribution is -0.165. The first kappa shape index (κ1) is 19.2. The average molecular weight is 400 g/mol. The average Bonchev–Trinajstić information content (AvgIpc) is 3.32. The summed E-state index contributed by atoms with van der Waals surface area (Å²) in [4.78, 5) is 36.0. The molecule has 4 aliphatic carbocycles. The van der Waals surface area contributed by atoms with Crippen molar-refractivity contribution in [3.8, 4) is 0 Å². The molecule has 4 fully saturated rings. The molecule has 29 heavy (non-hydrogen) atoms. The van der Waals surface area contributed by atoms with Crippen LogP contribution in [0.5, 0.6) is 0 Å². The summed E-state index contributed by atoms with van der Waals surface area (Å²) in [5.41, 5.74) is -1.61. The van der Waals surface area contributed by atoms with Gasteiger partial charge in [-0.15, -0.1) is 0 Å². The molecule has 3 saturated carbocycles. The van der Waals surface area contributed by atoms with Crippen LogP contribution in [0.15, 0.2) is 23.8 Å². The second-order valence-electron chi connectivity index (χ2n) is 9.98. The Labute approximate surface area is 170 Å². The lowest BCUT2D eigenvalue weighted by Gasteiger charge is -2.55. The standard InChI is InChI=1S/C23H28O6/c1-13(24)28-12-18(26)22(27)9-7-16-17-5-4-14-10-15(25)6-8-20(14,2)23(17)19(29-23)11-21(16,22)3/h6,8,10,16-17,19,27H,4-5,7,9,11-12H2,1-3H3/t16?,17?,19-,20+,21+,22+,23-/m1/s1. The fourth-order valence-corrected chi connectivity index (χ4v) is 7.40. The van der Waals surface area contributed by atoms with E-state index in [-0.39, 0.29) is 41.3 Å². The molecular formula is C23H28O6. The van der Waals surface area contributed by atoms with Crippen molar-refractivity contribution in [1.82, 2.24) is 0 Å². The Balaban J connectivity index is 1.49. The Morgan fingerprint density at radius 3 is 2.76 bits per heavy atom. The van der Waals surface area contributed by atoms with Crippen molar-refractivity contribution in [2.24, 2.45) is 22.7 Å². The van der Waals surface area contributed by atoms with Gasteiger partial charge in [0.2, 0.25) is 5.78 Å². The summed E-state index contributed by atoms with van der Waals surface area (Å²) in [5, 5.41) is 11.5. The van der Waals surface area contributed by atoms with E-state index in [1.54, 1.807) is 12.2 Å². The fourth-order valence-electron chi connectivity index (χ4n) is 7.40. The van der Waals surface area contributed by atoms with Crippen molar-refractivity contribution in [1.29, 1.82) is 0 Å². The second-order valence-corrected chi connectivity index (χ2v) is 9.98. The van der Waals surface area contributed by atoms with E-state index in [0.29, 0.717) is 12.8 Å². The van der Waals surface area contributed by atoms with Gasteiger partial charge in [0.15, 0.2) is 12.4 Å². The Kier molecular flexibility index (Phi) is 3.75. The molecule has 5 rings (SSSR count). The Morgan fingerprint density at radius 1 is 1.28 bits per heavy atom. The maximum absolute atomic E-state index is 12.9. The Morgan fingerprint density at radius 2 is 2.03 bits per heavy atom. The molecule has 1 N–H and O–H groups in total. The lowest BCUT2D eigenvalue weighted by atomic mass is 9.47. The molecule has 0 bridgehead atoms. The van der Waals surface area contributed by atoms with Crippen LogP contribution in [-0.2, 0) is 23.9 Å². The van der Waals surface area contributed by atoms with Crippen LogP contribution in [0.3, 0.4) is 0 Å². The number of aliphatic hydroxyl groups is 1. The number of hydrogen-bond donors (Lipinski definition) is 1. The van der Waals surface area contributed by atoms with Gasteiger partial charge < -0.3 is 14.6 Å². The van der Waals surface area contributed by atoms with Crippen molar-refractivity contribution in [3.63, 3.8) is 0 Å². The van der Waals surface area contributed by atoms with Gasteiger partial charge in [-0.3, -0.25) is 14.4 Å². The van der Waals surface area contributed by atoms with Gasteiger partial charge in [0.1, 0.15) is 11.2 Å². The van der Waals surface area contributed by atoms with Crippen LogP contribution in [0, 0.1) is 22.7 Å². The zero-order valence-corrected chi connectivity index (χ0v) is 17.2. The number of carbonyl (C=O) groups excluding carboxylic acids is 3. The van der Waals surface area contributed by atoms with Crippen molar-refractivity contribution in [2.75, 3.05) is 6.61 Å². The predicted octanol–water partition coefficient (Wildman–Crippen LogP) is 2.29. The molecule has 6 heteroatoms. The van der Waals surface area contributed by atoms with Crippen LogP contribution >= 0.6 is 0 Å². The number of fused-ring (bicyclic) bond motifs is 3. The molecule has 1 heterocycles. The molecule has 156 valence electrons. The number of epoxide rings is 1. The summed E-state index contributed by atoms with van der Waals surface area (Å²) in [5.74, 6) is -0.514. The van der Waals surface area contributed by atoms with E-state index in [1.807, 2.05) is 13.0 Å². The monoisotopic (exact) mass is 400 g/mol. The summed E-state index contributed by atoms with van der Waals surface area (Å²) < 4.78 is 11.4. The molecule has 0 aromatic heterocycles. The molecule has 0 aromatic rings. The van der Waals surface area contributed by atoms with Gasteiger partial charge in [0.05, 0.1) is 6.10 Å². The molecule has 6 nitrogen and oxygen atoms in total. The largest absolute Gasteiger partial charge is 0.458 e. The number of esters is 1. The van der Waals surface area contributed by atoms with Gasteiger partial charge in [0.25, 0.3) is 0 Å². The number of Topliss-reactive ketones (excluding diaryl/α,β-unsaturated/α-hetero) is 1. The van der Waals surface area contributed by atoms with E-state index in [2.05, 4.69) is 6.92 Å². The van der Waals surface area contributed by atoms with E-state index in [4.69, 9.17) is 9.47 Å². The van der Waals surface area contributed by atoms with Crippen LogP contribution in [-0.4, -0.2) is 46.6 Å². The molecule has 1 aliphatic heterocycles. The molecule has 0 amide bonds. The van der Waals surface area contributed by atoms with Crippen LogP contribution in [0.1, 0.15) is 52.9 Å². The molecule has 0 aromatic carbocycles. The van der Waals surface area contributed by atoms with E-state index in [1.165, 1.54) is 6.92 Å². The predicted molar refractivity (Wildman–Crippen MR) is 103 cm³/mol. The van der Waals surface area contributed by atoms with Crippen molar-refractivity contribution >= 4 is 17.5 Å². The van der Waals surface area contributed by atoms with E-state index in [0.717, 1.165) is 24.8 Å². The maximum atomic E-state index is 12.9. The van der Waals surface area contributed by atoms with Crippen LogP contribution in [0.2, 0.25) is 0 Å². The normalized spacial score (nSPS) is 49.3. The molecule has 1 spiro atoms. The van der Waals surface area contributed by atoms with Crippen LogP contribution in [0.4, 0.5) is 0 Å². The quantitative estimate of drug-likeness (QED) is 0.577. The number of hydrogen-bond acceptors (Lipinski definition) is 6. The lowest BCUT2D eigenvalue weighted by Crippen LogP contribution is -2.61. The van der Waals surface area contributed by atoms with Gasteiger partial charge in [-0.25, -0.2) is 0 Å².